The highest BCUT2D eigenvalue weighted by atomic mass is 19.4. The van der Waals surface area contributed by atoms with Crippen LogP contribution in [0.1, 0.15) is 26.7 Å². The molecule has 1 aliphatic carbocycles. The number of hydrogen-bond acceptors (Lipinski definition) is 2. The van der Waals surface area contributed by atoms with Crippen molar-refractivity contribution >= 4 is 0 Å². The fourth-order valence-electron chi connectivity index (χ4n) is 1.68. The normalized spacial score (nSPS) is 16.9. The summed E-state index contributed by atoms with van der Waals surface area (Å²) in [5.41, 5.74) is 0.815. The first-order chi connectivity index (χ1) is 7.78. The molecule has 0 unspecified atom stereocenters. The Labute approximate surface area is 101 Å². The first-order valence-electron chi connectivity index (χ1n) is 5.99. The molecule has 1 fully saturated rings. The lowest BCUT2D eigenvalue weighted by molar-refractivity contribution is -0.146. The molecule has 0 bridgehead atoms. The summed E-state index contributed by atoms with van der Waals surface area (Å²) in [6.45, 7) is 7.94. The smallest absolute Gasteiger partial charge is 0.311 e. The van der Waals surface area contributed by atoms with E-state index in [0.29, 0.717) is 19.1 Å². The Bertz CT molecular complexity index is 257. The van der Waals surface area contributed by atoms with Crippen LogP contribution in [0, 0.1) is 0 Å². The Morgan fingerprint density at radius 1 is 1.41 bits per heavy atom. The van der Waals surface area contributed by atoms with Crippen LogP contribution >= 0.6 is 0 Å². The molecule has 0 amide bonds. The molecule has 17 heavy (non-hydrogen) atoms. The molecule has 1 aliphatic rings. The Morgan fingerprint density at radius 2 is 2.00 bits per heavy atom. The third-order valence-electron chi connectivity index (χ3n) is 2.63. The largest absolute Gasteiger partial charge is 0.401 e. The van der Waals surface area contributed by atoms with Gasteiger partial charge in [-0.3, -0.25) is 4.90 Å². The Kier molecular flexibility index (Phi) is 5.01. The summed E-state index contributed by atoms with van der Waals surface area (Å²) >= 11 is 0. The van der Waals surface area contributed by atoms with Gasteiger partial charge in [-0.25, -0.2) is 0 Å². The van der Waals surface area contributed by atoms with E-state index in [-0.39, 0.29) is 6.04 Å². The van der Waals surface area contributed by atoms with Crippen LogP contribution in [0.3, 0.4) is 0 Å². The van der Waals surface area contributed by atoms with E-state index in [4.69, 9.17) is 0 Å². The molecule has 0 aliphatic heterocycles. The minimum atomic E-state index is -4.12. The second kappa shape index (κ2) is 5.87. The summed E-state index contributed by atoms with van der Waals surface area (Å²) < 4.78 is 37.1. The van der Waals surface area contributed by atoms with Crippen LogP contribution in [-0.4, -0.2) is 42.8 Å². The van der Waals surface area contributed by atoms with Crippen LogP contribution in [0.4, 0.5) is 13.2 Å². The van der Waals surface area contributed by atoms with Crippen molar-refractivity contribution in [3.05, 3.63) is 12.2 Å². The second-order valence-corrected chi connectivity index (χ2v) is 5.04. The predicted octanol–water partition coefficient (Wildman–Crippen LogP) is 2.57. The predicted molar refractivity (Wildman–Crippen MR) is 62.9 cm³/mol. The molecule has 0 aromatic rings. The Morgan fingerprint density at radius 3 is 2.41 bits per heavy atom. The molecule has 0 aromatic heterocycles. The van der Waals surface area contributed by atoms with Gasteiger partial charge in [-0.15, -0.1) is 0 Å². The number of halogens is 3. The van der Waals surface area contributed by atoms with Crippen molar-refractivity contribution in [2.75, 3.05) is 19.6 Å². The minimum Gasteiger partial charge on any atom is -0.311 e. The van der Waals surface area contributed by atoms with E-state index in [9.17, 15) is 13.2 Å². The second-order valence-electron chi connectivity index (χ2n) is 5.04. The van der Waals surface area contributed by atoms with Crippen molar-refractivity contribution in [1.82, 2.24) is 10.2 Å². The van der Waals surface area contributed by atoms with Crippen molar-refractivity contribution in [2.45, 2.75) is 44.9 Å². The molecule has 0 atom stereocenters. The van der Waals surface area contributed by atoms with Crippen LogP contribution in [0.25, 0.3) is 0 Å². The molecule has 1 N–H and O–H groups in total. The average molecular weight is 250 g/mol. The summed E-state index contributed by atoms with van der Waals surface area (Å²) in [6, 6.07) is 0.427. The van der Waals surface area contributed by atoms with E-state index < -0.39 is 12.7 Å². The molecular formula is C12H21F3N2. The van der Waals surface area contributed by atoms with Crippen LogP contribution < -0.4 is 5.32 Å². The summed E-state index contributed by atoms with van der Waals surface area (Å²) in [7, 11) is 0. The molecule has 100 valence electrons. The highest BCUT2D eigenvalue weighted by Crippen LogP contribution is 2.30. The molecule has 0 heterocycles. The third-order valence-corrected chi connectivity index (χ3v) is 2.63. The minimum absolute atomic E-state index is 0.104. The summed E-state index contributed by atoms with van der Waals surface area (Å²) in [5.74, 6) is 0. The van der Waals surface area contributed by atoms with E-state index in [1.807, 2.05) is 13.8 Å². The molecule has 1 saturated carbocycles. The van der Waals surface area contributed by atoms with Gasteiger partial charge in [0.15, 0.2) is 0 Å². The highest BCUT2D eigenvalue weighted by molar-refractivity contribution is 5.03. The maximum absolute atomic E-state index is 12.4. The first kappa shape index (κ1) is 14.5. The van der Waals surface area contributed by atoms with Gasteiger partial charge in [0.25, 0.3) is 0 Å². The average Bonchev–Trinajstić information content (AvgIpc) is 2.94. The zero-order valence-electron chi connectivity index (χ0n) is 10.5. The molecular weight excluding hydrogens is 229 g/mol. The van der Waals surface area contributed by atoms with E-state index in [2.05, 4.69) is 11.9 Å². The summed E-state index contributed by atoms with van der Waals surface area (Å²) in [5, 5.41) is 3.17. The molecule has 5 heteroatoms. The van der Waals surface area contributed by atoms with Gasteiger partial charge in [-0.05, 0) is 18.4 Å². The maximum atomic E-state index is 12.4. The monoisotopic (exact) mass is 250 g/mol. The zero-order chi connectivity index (χ0) is 13.1. The first-order valence-corrected chi connectivity index (χ1v) is 5.99. The van der Waals surface area contributed by atoms with Gasteiger partial charge >= 0.3 is 6.18 Å². The molecule has 0 aromatic carbocycles. The number of nitrogens with one attached hydrogen (secondary N) is 1. The van der Waals surface area contributed by atoms with Gasteiger partial charge in [0.2, 0.25) is 0 Å². The Hall–Kier alpha value is -0.550. The van der Waals surface area contributed by atoms with Crippen LogP contribution in [-0.2, 0) is 0 Å². The Balaban J connectivity index is 2.36. The van der Waals surface area contributed by atoms with Crippen molar-refractivity contribution < 1.29 is 13.2 Å². The number of rotatable bonds is 7. The lowest BCUT2D eigenvalue weighted by atomic mass is 10.2. The zero-order valence-corrected chi connectivity index (χ0v) is 10.5. The van der Waals surface area contributed by atoms with Crippen LogP contribution in [0.15, 0.2) is 12.2 Å². The van der Waals surface area contributed by atoms with Gasteiger partial charge in [0, 0.05) is 25.2 Å². The lowest BCUT2D eigenvalue weighted by Gasteiger charge is -2.24. The molecule has 1 rings (SSSR count). The van der Waals surface area contributed by atoms with Gasteiger partial charge in [-0.1, -0.05) is 20.4 Å². The van der Waals surface area contributed by atoms with Gasteiger partial charge in [0.1, 0.15) is 0 Å². The van der Waals surface area contributed by atoms with Crippen LogP contribution in [0.5, 0.6) is 0 Å². The fraction of sp³-hybridized carbons (Fsp3) is 0.833. The van der Waals surface area contributed by atoms with Crippen molar-refractivity contribution in [3.8, 4) is 0 Å². The van der Waals surface area contributed by atoms with E-state index in [1.54, 1.807) is 0 Å². The summed E-state index contributed by atoms with van der Waals surface area (Å²) in [6.07, 6.45) is -2.36. The number of nitrogens with zero attached hydrogens (tertiary/aromatic N) is 1. The fourth-order valence-corrected chi connectivity index (χ4v) is 1.68. The van der Waals surface area contributed by atoms with Crippen LogP contribution in [0.2, 0.25) is 0 Å². The lowest BCUT2D eigenvalue weighted by Crippen LogP contribution is -2.38. The quantitative estimate of drug-likeness (QED) is 0.699. The third kappa shape index (κ3) is 6.68. The van der Waals surface area contributed by atoms with Crippen molar-refractivity contribution in [3.63, 3.8) is 0 Å². The highest BCUT2D eigenvalue weighted by Gasteiger charge is 2.37. The number of hydrogen-bond donors (Lipinski definition) is 1. The topological polar surface area (TPSA) is 15.3 Å². The maximum Gasteiger partial charge on any atom is 0.401 e. The molecule has 0 radical (unpaired) electrons. The molecule has 0 spiro atoms. The van der Waals surface area contributed by atoms with Crippen molar-refractivity contribution in [2.24, 2.45) is 0 Å². The van der Waals surface area contributed by atoms with Gasteiger partial charge in [-0.2, -0.15) is 13.2 Å². The molecule has 0 saturated heterocycles. The van der Waals surface area contributed by atoms with Gasteiger partial charge < -0.3 is 5.32 Å². The van der Waals surface area contributed by atoms with Crippen molar-refractivity contribution in [1.29, 1.82) is 0 Å². The van der Waals surface area contributed by atoms with E-state index in [1.165, 1.54) is 4.90 Å². The SMILES string of the molecule is C=C(CNC(C)C)CN(CC(F)(F)F)C1CC1. The summed E-state index contributed by atoms with van der Waals surface area (Å²) in [4.78, 5) is 1.49. The van der Waals surface area contributed by atoms with Gasteiger partial charge in [0.05, 0.1) is 6.54 Å². The number of alkyl halides is 3. The van der Waals surface area contributed by atoms with E-state index >= 15 is 0 Å². The van der Waals surface area contributed by atoms with E-state index in [0.717, 1.165) is 18.4 Å². The molecule has 2 nitrogen and oxygen atoms in total. The standard InChI is InChI=1S/C12H21F3N2/c1-9(2)16-6-10(3)7-17(11-4-5-11)8-12(13,14)15/h9,11,16H,3-8H2,1-2H3.